The van der Waals surface area contributed by atoms with Crippen molar-refractivity contribution in [2.75, 3.05) is 7.11 Å². The molecule has 0 bridgehead atoms. The molecule has 1 aromatic carbocycles. The highest BCUT2D eigenvalue weighted by Crippen LogP contribution is 2.23. The van der Waals surface area contributed by atoms with Crippen molar-refractivity contribution < 1.29 is 13.9 Å². The first-order valence-corrected chi connectivity index (χ1v) is 5.91. The van der Waals surface area contributed by atoms with Crippen LogP contribution in [0.5, 0.6) is 0 Å². The molecule has 0 aliphatic carbocycles. The summed E-state index contributed by atoms with van der Waals surface area (Å²) in [4.78, 5) is 15.6. The van der Waals surface area contributed by atoms with Crippen molar-refractivity contribution in [3.05, 3.63) is 52.4 Å². The summed E-state index contributed by atoms with van der Waals surface area (Å²) < 4.78 is 17.9. The first-order chi connectivity index (χ1) is 9.01. The summed E-state index contributed by atoms with van der Waals surface area (Å²) in [6.45, 7) is 1.66. The Labute approximate surface area is 115 Å². The van der Waals surface area contributed by atoms with E-state index in [0.29, 0.717) is 22.4 Å². The number of methoxy groups -OCH3 is 1. The molecule has 0 saturated heterocycles. The molecule has 5 heteroatoms. The first-order valence-electron chi connectivity index (χ1n) is 5.53. The molecule has 0 saturated carbocycles. The number of aryl methyl sites for hydroxylation is 1. The second-order valence-corrected chi connectivity index (χ2v) is 4.41. The van der Waals surface area contributed by atoms with Crippen LogP contribution in [0.15, 0.2) is 30.3 Å². The molecule has 0 fully saturated rings. The number of benzene rings is 1. The zero-order valence-corrected chi connectivity index (χ0v) is 11.2. The Morgan fingerprint density at radius 1 is 1.32 bits per heavy atom. The van der Waals surface area contributed by atoms with Crippen molar-refractivity contribution in [1.29, 1.82) is 0 Å². The highest BCUT2D eigenvalue weighted by Gasteiger charge is 2.11. The molecule has 0 unspecified atom stereocenters. The fourth-order valence-electron chi connectivity index (χ4n) is 1.68. The lowest BCUT2D eigenvalue weighted by molar-refractivity contribution is 0.0600. The number of pyridine rings is 1. The normalized spacial score (nSPS) is 10.3. The quantitative estimate of drug-likeness (QED) is 0.622. The van der Waals surface area contributed by atoms with Gasteiger partial charge >= 0.3 is 5.97 Å². The number of esters is 1. The van der Waals surface area contributed by atoms with E-state index in [0.717, 1.165) is 0 Å². The minimum absolute atomic E-state index is 0.180. The molecule has 0 N–H and O–H groups in total. The molecule has 2 rings (SSSR count). The predicted molar refractivity (Wildman–Crippen MR) is 70.7 cm³/mol. The summed E-state index contributed by atoms with van der Waals surface area (Å²) >= 11 is 5.88. The number of carbonyl (C=O) groups is 1. The SMILES string of the molecule is COC(=O)c1cc(Cl)nc(-c2ccc(F)c(C)c2)c1. The van der Waals surface area contributed by atoms with E-state index in [2.05, 4.69) is 9.72 Å². The Morgan fingerprint density at radius 3 is 2.68 bits per heavy atom. The molecule has 1 aromatic heterocycles. The number of hydrogen-bond donors (Lipinski definition) is 0. The minimum atomic E-state index is -0.496. The fraction of sp³-hybridized carbons (Fsp3) is 0.143. The molecule has 1 heterocycles. The molecule has 0 aliphatic rings. The highest BCUT2D eigenvalue weighted by atomic mass is 35.5. The van der Waals surface area contributed by atoms with Crippen LogP contribution in [0.4, 0.5) is 4.39 Å². The van der Waals surface area contributed by atoms with Crippen LogP contribution in [0.3, 0.4) is 0 Å². The molecule has 0 spiro atoms. The van der Waals surface area contributed by atoms with E-state index < -0.39 is 5.97 Å². The molecule has 0 atom stereocenters. The van der Waals surface area contributed by atoms with Gasteiger partial charge in [0.2, 0.25) is 0 Å². The van der Waals surface area contributed by atoms with Gasteiger partial charge in [-0.1, -0.05) is 11.6 Å². The van der Waals surface area contributed by atoms with Crippen molar-refractivity contribution in [2.24, 2.45) is 0 Å². The van der Waals surface area contributed by atoms with Crippen molar-refractivity contribution in [2.45, 2.75) is 6.92 Å². The minimum Gasteiger partial charge on any atom is -0.465 e. The van der Waals surface area contributed by atoms with Gasteiger partial charge in [-0.05, 0) is 42.8 Å². The number of ether oxygens (including phenoxy) is 1. The van der Waals surface area contributed by atoms with Crippen LogP contribution in [-0.4, -0.2) is 18.1 Å². The van der Waals surface area contributed by atoms with Crippen LogP contribution in [-0.2, 0) is 4.74 Å². The number of aromatic nitrogens is 1. The van der Waals surface area contributed by atoms with Crippen molar-refractivity contribution in [3.63, 3.8) is 0 Å². The molecule has 3 nitrogen and oxygen atoms in total. The maximum Gasteiger partial charge on any atom is 0.338 e. The average Bonchev–Trinajstić information content (AvgIpc) is 2.40. The lowest BCUT2D eigenvalue weighted by Gasteiger charge is -2.06. The zero-order valence-electron chi connectivity index (χ0n) is 10.4. The third-order valence-corrected chi connectivity index (χ3v) is 2.86. The maximum absolute atomic E-state index is 13.2. The topological polar surface area (TPSA) is 39.2 Å². The molecule has 98 valence electrons. The monoisotopic (exact) mass is 279 g/mol. The molecule has 0 amide bonds. The molecule has 2 aromatic rings. The average molecular weight is 280 g/mol. The maximum atomic E-state index is 13.2. The van der Waals surface area contributed by atoms with Crippen LogP contribution >= 0.6 is 11.6 Å². The van der Waals surface area contributed by atoms with E-state index in [-0.39, 0.29) is 11.0 Å². The van der Waals surface area contributed by atoms with Gasteiger partial charge in [-0.25, -0.2) is 14.2 Å². The van der Waals surface area contributed by atoms with Gasteiger partial charge in [-0.3, -0.25) is 0 Å². The number of carbonyl (C=O) groups excluding carboxylic acids is 1. The zero-order chi connectivity index (χ0) is 14.0. The summed E-state index contributed by atoms with van der Waals surface area (Å²) in [5, 5.41) is 0.180. The van der Waals surface area contributed by atoms with Crippen molar-refractivity contribution in [1.82, 2.24) is 4.98 Å². The summed E-state index contributed by atoms with van der Waals surface area (Å²) in [6, 6.07) is 7.57. The van der Waals surface area contributed by atoms with Gasteiger partial charge in [0.05, 0.1) is 18.4 Å². The van der Waals surface area contributed by atoms with E-state index in [1.807, 2.05) is 0 Å². The van der Waals surface area contributed by atoms with E-state index in [1.54, 1.807) is 25.1 Å². The Balaban J connectivity index is 2.52. The van der Waals surface area contributed by atoms with Crippen LogP contribution in [0.1, 0.15) is 15.9 Å². The number of nitrogens with zero attached hydrogens (tertiary/aromatic N) is 1. The smallest absolute Gasteiger partial charge is 0.338 e. The van der Waals surface area contributed by atoms with Gasteiger partial charge in [0, 0.05) is 5.56 Å². The van der Waals surface area contributed by atoms with Gasteiger partial charge in [-0.15, -0.1) is 0 Å². The third-order valence-electron chi connectivity index (χ3n) is 2.67. The molecular weight excluding hydrogens is 269 g/mol. The van der Waals surface area contributed by atoms with Crippen molar-refractivity contribution >= 4 is 17.6 Å². The van der Waals surface area contributed by atoms with Crippen LogP contribution < -0.4 is 0 Å². The Bertz CT molecular complexity index is 643. The number of rotatable bonds is 2. The first kappa shape index (κ1) is 13.5. The summed E-state index contributed by atoms with van der Waals surface area (Å²) in [5.41, 5.74) is 1.99. The van der Waals surface area contributed by atoms with Crippen LogP contribution in [0, 0.1) is 12.7 Å². The Hall–Kier alpha value is -1.94. The summed E-state index contributed by atoms with van der Waals surface area (Å²) in [7, 11) is 1.29. The molecule has 0 radical (unpaired) electrons. The highest BCUT2D eigenvalue weighted by molar-refractivity contribution is 6.29. The van der Waals surface area contributed by atoms with Gasteiger partial charge in [0.15, 0.2) is 0 Å². The second kappa shape index (κ2) is 5.36. The van der Waals surface area contributed by atoms with Crippen molar-refractivity contribution in [3.8, 4) is 11.3 Å². The van der Waals surface area contributed by atoms with Gasteiger partial charge < -0.3 is 4.74 Å². The number of hydrogen-bond acceptors (Lipinski definition) is 3. The van der Waals surface area contributed by atoms with Crippen LogP contribution in [0.2, 0.25) is 5.15 Å². The predicted octanol–water partition coefficient (Wildman–Crippen LogP) is 3.64. The van der Waals surface area contributed by atoms with E-state index in [9.17, 15) is 9.18 Å². The van der Waals surface area contributed by atoms with E-state index in [1.165, 1.54) is 19.2 Å². The third kappa shape index (κ3) is 2.90. The second-order valence-electron chi connectivity index (χ2n) is 4.02. The number of halogens is 2. The van der Waals surface area contributed by atoms with E-state index >= 15 is 0 Å². The van der Waals surface area contributed by atoms with E-state index in [4.69, 9.17) is 11.6 Å². The summed E-state index contributed by atoms with van der Waals surface area (Å²) in [5.74, 6) is -0.789. The van der Waals surface area contributed by atoms with Gasteiger partial charge in [-0.2, -0.15) is 0 Å². The standard InChI is InChI=1S/C14H11ClFNO2/c1-8-5-9(3-4-11(8)16)12-6-10(14(18)19-2)7-13(15)17-12/h3-7H,1-2H3. The van der Waals surface area contributed by atoms with Crippen LogP contribution in [0.25, 0.3) is 11.3 Å². The van der Waals surface area contributed by atoms with Gasteiger partial charge in [0.1, 0.15) is 11.0 Å². The lowest BCUT2D eigenvalue weighted by atomic mass is 10.1. The molecule has 0 aliphatic heterocycles. The molecular formula is C14H11ClFNO2. The largest absolute Gasteiger partial charge is 0.465 e. The lowest BCUT2D eigenvalue weighted by Crippen LogP contribution is -2.02. The fourth-order valence-corrected chi connectivity index (χ4v) is 1.89. The Kier molecular flexibility index (Phi) is 3.81. The molecule has 19 heavy (non-hydrogen) atoms. The summed E-state index contributed by atoms with van der Waals surface area (Å²) in [6.07, 6.45) is 0. The van der Waals surface area contributed by atoms with Gasteiger partial charge in [0.25, 0.3) is 0 Å². The Morgan fingerprint density at radius 2 is 2.05 bits per heavy atom.